The Balaban J connectivity index is 2.60. The lowest BCUT2D eigenvalue weighted by Gasteiger charge is -2.27. The van der Waals surface area contributed by atoms with E-state index in [1.807, 2.05) is 7.05 Å². The van der Waals surface area contributed by atoms with Crippen molar-refractivity contribution in [3.63, 3.8) is 0 Å². The van der Waals surface area contributed by atoms with Gasteiger partial charge in [-0.15, -0.1) is 0 Å². The van der Waals surface area contributed by atoms with E-state index in [1.54, 1.807) is 0 Å². The maximum absolute atomic E-state index is 14.1. The molecule has 100 valence electrons. The molecule has 0 bridgehead atoms. The molecule has 1 atom stereocenters. The Morgan fingerprint density at radius 1 is 1.50 bits per heavy atom. The summed E-state index contributed by atoms with van der Waals surface area (Å²) in [6.07, 6.45) is 2.69. The van der Waals surface area contributed by atoms with Crippen LogP contribution in [0.3, 0.4) is 0 Å². The number of halogens is 3. The first-order valence-electron chi connectivity index (χ1n) is 6.19. The van der Waals surface area contributed by atoms with Crippen molar-refractivity contribution in [1.82, 2.24) is 5.32 Å². The molecule has 0 heterocycles. The van der Waals surface area contributed by atoms with Crippen molar-refractivity contribution < 1.29 is 4.39 Å². The summed E-state index contributed by atoms with van der Waals surface area (Å²) >= 11 is 9.70. The van der Waals surface area contributed by atoms with Crippen molar-refractivity contribution in [2.75, 3.05) is 7.05 Å². The van der Waals surface area contributed by atoms with E-state index in [4.69, 9.17) is 11.6 Å². The quantitative estimate of drug-likeness (QED) is 0.571. The molecule has 0 spiro atoms. The Morgan fingerprint density at radius 2 is 2.17 bits per heavy atom. The van der Waals surface area contributed by atoms with Crippen molar-refractivity contribution in [2.24, 2.45) is 5.41 Å². The number of hydrogen-bond donors (Lipinski definition) is 1. The summed E-state index contributed by atoms with van der Waals surface area (Å²) in [4.78, 5) is 0. The van der Waals surface area contributed by atoms with E-state index >= 15 is 0 Å². The third-order valence-corrected chi connectivity index (χ3v) is 5.08. The molecule has 1 aliphatic carbocycles. The molecule has 1 aromatic rings. The predicted octanol–water partition coefficient (Wildman–Crippen LogP) is 4.86. The van der Waals surface area contributed by atoms with Crippen LogP contribution >= 0.6 is 27.5 Å². The fourth-order valence-electron chi connectivity index (χ4n) is 2.74. The lowest BCUT2D eigenvalue weighted by molar-refractivity contribution is 0.279. The minimum Gasteiger partial charge on any atom is -0.313 e. The van der Waals surface area contributed by atoms with E-state index in [1.165, 1.54) is 6.07 Å². The van der Waals surface area contributed by atoms with E-state index in [9.17, 15) is 4.39 Å². The SMILES string of the molecule is CNC1CC(C)(C)CCc2c(F)cc(Br)c(Cl)c21. The lowest BCUT2D eigenvalue weighted by Crippen LogP contribution is -2.23. The normalized spacial score (nSPS) is 22.4. The molecule has 0 saturated heterocycles. The van der Waals surface area contributed by atoms with E-state index < -0.39 is 0 Å². The third-order valence-electron chi connectivity index (χ3n) is 3.82. The fraction of sp³-hybridized carbons (Fsp3) is 0.571. The van der Waals surface area contributed by atoms with Crippen LogP contribution in [0.15, 0.2) is 10.5 Å². The molecule has 0 fully saturated rings. The Hall–Kier alpha value is -0.120. The smallest absolute Gasteiger partial charge is 0.127 e. The second kappa shape index (κ2) is 5.10. The second-order valence-corrected chi connectivity index (χ2v) is 6.99. The maximum Gasteiger partial charge on any atom is 0.127 e. The monoisotopic (exact) mass is 333 g/mol. The van der Waals surface area contributed by atoms with Crippen molar-refractivity contribution in [1.29, 1.82) is 0 Å². The van der Waals surface area contributed by atoms with Crippen LogP contribution in [0.2, 0.25) is 5.02 Å². The number of hydrogen-bond acceptors (Lipinski definition) is 1. The largest absolute Gasteiger partial charge is 0.313 e. The molecule has 2 rings (SSSR count). The number of fused-ring (bicyclic) bond motifs is 1. The first-order valence-corrected chi connectivity index (χ1v) is 7.36. The van der Waals surface area contributed by atoms with Crippen molar-refractivity contribution in [3.8, 4) is 0 Å². The minimum atomic E-state index is -0.153. The zero-order valence-electron chi connectivity index (χ0n) is 10.9. The highest BCUT2D eigenvalue weighted by atomic mass is 79.9. The lowest BCUT2D eigenvalue weighted by atomic mass is 9.83. The molecule has 0 radical (unpaired) electrons. The fourth-order valence-corrected chi connectivity index (χ4v) is 3.45. The highest BCUT2D eigenvalue weighted by Gasteiger charge is 2.32. The predicted molar refractivity (Wildman–Crippen MR) is 77.6 cm³/mol. The summed E-state index contributed by atoms with van der Waals surface area (Å²) in [7, 11) is 1.91. The van der Waals surface area contributed by atoms with Gasteiger partial charge in [-0.25, -0.2) is 4.39 Å². The highest BCUT2D eigenvalue weighted by molar-refractivity contribution is 9.10. The second-order valence-electron chi connectivity index (χ2n) is 5.76. The zero-order chi connectivity index (χ0) is 13.5. The van der Waals surface area contributed by atoms with Crippen LogP contribution < -0.4 is 5.32 Å². The summed E-state index contributed by atoms with van der Waals surface area (Å²) in [5.41, 5.74) is 1.89. The van der Waals surface area contributed by atoms with Gasteiger partial charge in [0.15, 0.2) is 0 Å². The number of nitrogens with one attached hydrogen (secondary N) is 1. The number of benzene rings is 1. The summed E-state index contributed by atoms with van der Waals surface area (Å²) in [6, 6.07) is 1.59. The molecule has 1 aromatic carbocycles. The standard InChI is InChI=1S/C14H18BrClFN/c1-14(2)5-4-8-10(17)6-9(15)13(16)12(8)11(7-14)18-3/h6,11,18H,4-5,7H2,1-3H3. The van der Waals surface area contributed by atoms with Crippen molar-refractivity contribution in [2.45, 2.75) is 39.2 Å². The van der Waals surface area contributed by atoms with Crippen LogP contribution in [0.1, 0.15) is 43.9 Å². The molecule has 0 saturated carbocycles. The van der Waals surface area contributed by atoms with Gasteiger partial charge in [0.05, 0.1) is 5.02 Å². The Kier molecular flexibility index (Phi) is 4.05. The van der Waals surface area contributed by atoms with Crippen LogP contribution in [0.4, 0.5) is 4.39 Å². The van der Waals surface area contributed by atoms with Crippen LogP contribution in [0, 0.1) is 11.2 Å². The highest BCUT2D eigenvalue weighted by Crippen LogP contribution is 2.44. The van der Waals surface area contributed by atoms with Gasteiger partial charge in [0.2, 0.25) is 0 Å². The van der Waals surface area contributed by atoms with Gasteiger partial charge in [-0.2, -0.15) is 0 Å². The van der Waals surface area contributed by atoms with Crippen molar-refractivity contribution >= 4 is 27.5 Å². The molecular weight excluding hydrogens is 317 g/mol. The van der Waals surface area contributed by atoms with Gasteiger partial charge < -0.3 is 5.32 Å². The summed E-state index contributed by atoms with van der Waals surface area (Å²) < 4.78 is 14.8. The molecule has 0 amide bonds. The average molecular weight is 335 g/mol. The molecule has 1 N–H and O–H groups in total. The van der Waals surface area contributed by atoms with Gasteiger partial charge in [-0.05, 0) is 64.8 Å². The Bertz CT molecular complexity index is 473. The molecule has 4 heteroatoms. The van der Waals surface area contributed by atoms with Gasteiger partial charge >= 0.3 is 0 Å². The van der Waals surface area contributed by atoms with E-state index in [-0.39, 0.29) is 17.3 Å². The summed E-state index contributed by atoms with van der Waals surface area (Å²) in [6.45, 7) is 4.45. The first kappa shape index (κ1) is 14.3. The molecule has 1 unspecified atom stereocenters. The van der Waals surface area contributed by atoms with Crippen molar-refractivity contribution in [3.05, 3.63) is 32.5 Å². The van der Waals surface area contributed by atoms with Gasteiger partial charge in [-0.1, -0.05) is 25.4 Å². The topological polar surface area (TPSA) is 12.0 Å². The van der Waals surface area contributed by atoms with E-state index in [0.29, 0.717) is 9.50 Å². The Labute approximate surface area is 121 Å². The van der Waals surface area contributed by atoms with Gasteiger partial charge in [0.25, 0.3) is 0 Å². The third kappa shape index (κ3) is 2.59. The maximum atomic E-state index is 14.1. The summed E-state index contributed by atoms with van der Waals surface area (Å²) in [5.74, 6) is -0.153. The Morgan fingerprint density at radius 3 is 2.78 bits per heavy atom. The molecular formula is C14H18BrClFN. The summed E-state index contributed by atoms with van der Waals surface area (Å²) in [5, 5.41) is 3.92. The molecule has 18 heavy (non-hydrogen) atoms. The van der Waals surface area contributed by atoms with Crippen LogP contribution in [0.5, 0.6) is 0 Å². The van der Waals surface area contributed by atoms with E-state index in [2.05, 4.69) is 35.1 Å². The minimum absolute atomic E-state index is 0.108. The first-order chi connectivity index (χ1) is 8.35. The number of rotatable bonds is 1. The van der Waals surface area contributed by atoms with Crippen LogP contribution in [-0.4, -0.2) is 7.05 Å². The van der Waals surface area contributed by atoms with Crippen LogP contribution in [-0.2, 0) is 6.42 Å². The molecule has 1 nitrogen and oxygen atoms in total. The molecule has 0 aliphatic heterocycles. The molecule has 0 aromatic heterocycles. The molecule has 1 aliphatic rings. The van der Waals surface area contributed by atoms with Gasteiger partial charge in [0.1, 0.15) is 5.82 Å². The van der Waals surface area contributed by atoms with Gasteiger partial charge in [-0.3, -0.25) is 0 Å². The van der Waals surface area contributed by atoms with Gasteiger partial charge in [0, 0.05) is 10.5 Å². The van der Waals surface area contributed by atoms with Crippen LogP contribution in [0.25, 0.3) is 0 Å². The zero-order valence-corrected chi connectivity index (χ0v) is 13.3. The average Bonchev–Trinajstić information content (AvgIpc) is 2.42. The van der Waals surface area contributed by atoms with E-state index in [0.717, 1.165) is 30.4 Å².